The van der Waals surface area contributed by atoms with Gasteiger partial charge in [0.25, 0.3) is 5.91 Å². The summed E-state index contributed by atoms with van der Waals surface area (Å²) in [5, 5.41) is 23.6. The Morgan fingerprint density at radius 1 is 0.947 bits per heavy atom. The summed E-state index contributed by atoms with van der Waals surface area (Å²) in [6.45, 7) is 4.36. The van der Waals surface area contributed by atoms with Crippen LogP contribution >= 0.6 is 23.4 Å². The number of azo groups is 1. The summed E-state index contributed by atoms with van der Waals surface area (Å²) in [6, 6.07) is 23.0. The van der Waals surface area contributed by atoms with Crippen LogP contribution in [0.5, 0.6) is 0 Å². The quantitative estimate of drug-likeness (QED) is 0.172. The lowest BCUT2D eigenvalue weighted by Crippen LogP contribution is -2.29. The molecule has 0 bridgehead atoms. The van der Waals surface area contributed by atoms with Gasteiger partial charge < -0.3 is 15.2 Å². The third-order valence-electron chi connectivity index (χ3n) is 5.44. The summed E-state index contributed by atoms with van der Waals surface area (Å²) >= 11 is 7.41. The fourth-order valence-electron chi connectivity index (χ4n) is 3.56. The topological polar surface area (TPSA) is 114 Å². The molecule has 0 unspecified atom stereocenters. The van der Waals surface area contributed by atoms with Crippen molar-refractivity contribution in [1.82, 2.24) is 20.1 Å². The van der Waals surface area contributed by atoms with Crippen molar-refractivity contribution < 1.29 is 9.59 Å². The molecule has 0 saturated heterocycles. The largest absolute Gasteiger partial charge is 0.342 e. The van der Waals surface area contributed by atoms with Gasteiger partial charge in [-0.1, -0.05) is 53.7 Å². The van der Waals surface area contributed by atoms with Gasteiger partial charge in [0, 0.05) is 12.2 Å². The van der Waals surface area contributed by atoms with Gasteiger partial charge in [0.15, 0.2) is 11.0 Å². The number of benzene rings is 3. The highest BCUT2D eigenvalue weighted by molar-refractivity contribution is 7.99. The van der Waals surface area contributed by atoms with Gasteiger partial charge in [-0.2, -0.15) is 10.2 Å². The molecule has 0 aliphatic carbocycles. The van der Waals surface area contributed by atoms with E-state index in [1.54, 1.807) is 48.5 Å². The normalized spacial score (nSPS) is 11.9. The maximum atomic E-state index is 12.6. The van der Waals surface area contributed by atoms with Crippen LogP contribution in [-0.2, 0) is 11.3 Å². The molecular weight excluding hydrogens is 522 g/mol. The van der Waals surface area contributed by atoms with Crippen molar-refractivity contribution in [2.45, 2.75) is 31.6 Å². The molecule has 0 spiro atoms. The number of nitrogens with zero attached hydrogens (tertiary/aromatic N) is 5. The number of hydrogen-bond acceptors (Lipinski definition) is 7. The molecule has 0 aliphatic heterocycles. The molecule has 2 amide bonds. The molecule has 0 radical (unpaired) electrons. The lowest BCUT2D eigenvalue weighted by atomic mass is 10.2. The molecule has 2 N–H and O–H groups in total. The van der Waals surface area contributed by atoms with E-state index in [4.69, 9.17) is 11.6 Å². The molecular formula is C27H26ClN7O2S. The summed E-state index contributed by atoms with van der Waals surface area (Å²) in [4.78, 5) is 25.2. The van der Waals surface area contributed by atoms with E-state index in [1.165, 1.54) is 11.8 Å². The number of thioether (sulfide) groups is 1. The zero-order chi connectivity index (χ0) is 26.9. The maximum Gasteiger partial charge on any atom is 0.253 e. The van der Waals surface area contributed by atoms with E-state index in [-0.39, 0.29) is 17.6 Å². The lowest BCUT2D eigenvalue weighted by Gasteiger charge is -2.15. The summed E-state index contributed by atoms with van der Waals surface area (Å²) < 4.78 is 1.88. The molecule has 0 aliphatic rings. The molecule has 11 heteroatoms. The molecule has 194 valence electrons. The number of hydrogen-bond donors (Lipinski definition) is 2. The van der Waals surface area contributed by atoms with Crippen LogP contribution in [0.15, 0.2) is 94.2 Å². The molecule has 1 heterocycles. The van der Waals surface area contributed by atoms with Gasteiger partial charge in [-0.15, -0.1) is 10.2 Å². The Morgan fingerprint density at radius 2 is 1.61 bits per heavy atom. The minimum absolute atomic E-state index is 0.147. The van der Waals surface area contributed by atoms with Crippen molar-refractivity contribution in [1.29, 1.82) is 0 Å². The van der Waals surface area contributed by atoms with E-state index in [0.717, 1.165) is 5.69 Å². The van der Waals surface area contributed by atoms with Gasteiger partial charge in [0.1, 0.15) is 0 Å². The first-order valence-corrected chi connectivity index (χ1v) is 13.3. The first kappa shape index (κ1) is 27.0. The van der Waals surface area contributed by atoms with Crippen LogP contribution in [0.3, 0.4) is 0 Å². The Labute approximate surface area is 229 Å². The van der Waals surface area contributed by atoms with Gasteiger partial charge in [0.05, 0.1) is 33.8 Å². The third-order valence-corrected chi connectivity index (χ3v) is 6.73. The third kappa shape index (κ3) is 7.05. The smallest absolute Gasteiger partial charge is 0.253 e. The molecule has 9 nitrogen and oxygen atoms in total. The Kier molecular flexibility index (Phi) is 9.23. The standard InChI is InChI=1S/C27H26ClN7O2S/c1-3-35-25(18(2)29-26(37)22-11-7-8-12-23(22)28)33-34-27(35)38-17-24(36)30-19-13-15-21(16-14-19)32-31-20-9-5-4-6-10-20/h4-16,18H,3,17H2,1-2H3,(H,29,37)(H,30,36)/t18-/m1/s1. The average molecular weight is 548 g/mol. The highest BCUT2D eigenvalue weighted by Crippen LogP contribution is 2.23. The second kappa shape index (κ2) is 13.0. The van der Waals surface area contributed by atoms with E-state index in [0.29, 0.717) is 39.5 Å². The minimum atomic E-state index is -0.410. The van der Waals surface area contributed by atoms with E-state index in [9.17, 15) is 9.59 Å². The zero-order valence-corrected chi connectivity index (χ0v) is 22.4. The van der Waals surface area contributed by atoms with E-state index in [2.05, 4.69) is 31.1 Å². The molecule has 4 aromatic rings. The molecule has 3 aromatic carbocycles. The fourth-order valence-corrected chi connectivity index (χ4v) is 4.59. The van der Waals surface area contributed by atoms with Crippen LogP contribution in [0, 0.1) is 0 Å². The monoisotopic (exact) mass is 547 g/mol. The predicted octanol–water partition coefficient (Wildman–Crippen LogP) is 6.59. The second-order valence-electron chi connectivity index (χ2n) is 8.18. The molecule has 1 aromatic heterocycles. The Bertz CT molecular complexity index is 1430. The number of nitrogens with one attached hydrogen (secondary N) is 2. The van der Waals surface area contributed by atoms with Gasteiger partial charge in [-0.3, -0.25) is 9.59 Å². The van der Waals surface area contributed by atoms with Crippen LogP contribution < -0.4 is 10.6 Å². The van der Waals surface area contributed by atoms with Crippen molar-refractivity contribution in [2.24, 2.45) is 10.2 Å². The van der Waals surface area contributed by atoms with Crippen LogP contribution in [-0.4, -0.2) is 32.3 Å². The molecule has 38 heavy (non-hydrogen) atoms. The van der Waals surface area contributed by atoms with Gasteiger partial charge in [0.2, 0.25) is 5.91 Å². The summed E-state index contributed by atoms with van der Waals surface area (Å²) in [7, 11) is 0. The van der Waals surface area contributed by atoms with Gasteiger partial charge in [-0.05, 0) is 62.4 Å². The highest BCUT2D eigenvalue weighted by atomic mass is 35.5. The van der Waals surface area contributed by atoms with E-state index < -0.39 is 6.04 Å². The molecule has 0 saturated carbocycles. The average Bonchev–Trinajstić information content (AvgIpc) is 3.35. The Hall–Kier alpha value is -4.02. The number of anilines is 1. The number of carbonyl (C=O) groups is 2. The maximum absolute atomic E-state index is 12.6. The fraction of sp³-hybridized carbons (Fsp3) is 0.185. The van der Waals surface area contributed by atoms with Crippen molar-refractivity contribution >= 4 is 52.2 Å². The van der Waals surface area contributed by atoms with Crippen molar-refractivity contribution in [3.63, 3.8) is 0 Å². The first-order chi connectivity index (χ1) is 18.4. The van der Waals surface area contributed by atoms with Crippen LogP contribution in [0.1, 0.15) is 36.1 Å². The molecule has 1 atom stereocenters. The lowest BCUT2D eigenvalue weighted by molar-refractivity contribution is -0.113. The van der Waals surface area contributed by atoms with Crippen LogP contribution in [0.25, 0.3) is 0 Å². The van der Waals surface area contributed by atoms with Crippen LogP contribution in [0.4, 0.5) is 17.1 Å². The van der Waals surface area contributed by atoms with E-state index >= 15 is 0 Å². The van der Waals surface area contributed by atoms with Crippen molar-refractivity contribution in [2.75, 3.05) is 11.1 Å². The van der Waals surface area contributed by atoms with Crippen molar-refractivity contribution in [3.05, 3.63) is 95.3 Å². The number of carbonyl (C=O) groups excluding carboxylic acids is 2. The number of amides is 2. The second-order valence-corrected chi connectivity index (χ2v) is 9.53. The number of rotatable bonds is 10. The summed E-state index contributed by atoms with van der Waals surface area (Å²) in [6.07, 6.45) is 0. The Morgan fingerprint density at radius 3 is 2.29 bits per heavy atom. The summed E-state index contributed by atoms with van der Waals surface area (Å²) in [5.74, 6) is 0.264. The SMILES string of the molecule is CCn1c(SCC(=O)Nc2ccc(N=Nc3ccccc3)cc2)nnc1[C@@H](C)NC(=O)c1ccccc1Cl. The Balaban J connectivity index is 1.32. The van der Waals surface area contributed by atoms with Crippen molar-refractivity contribution in [3.8, 4) is 0 Å². The summed E-state index contributed by atoms with van der Waals surface area (Å²) in [5.41, 5.74) is 2.49. The van der Waals surface area contributed by atoms with Gasteiger partial charge in [-0.25, -0.2) is 0 Å². The van der Waals surface area contributed by atoms with E-state index in [1.807, 2.05) is 48.7 Å². The van der Waals surface area contributed by atoms with Gasteiger partial charge >= 0.3 is 0 Å². The molecule has 0 fully saturated rings. The minimum Gasteiger partial charge on any atom is -0.342 e. The number of aromatic nitrogens is 3. The highest BCUT2D eigenvalue weighted by Gasteiger charge is 2.21. The number of halogens is 1. The zero-order valence-electron chi connectivity index (χ0n) is 20.8. The first-order valence-electron chi connectivity index (χ1n) is 11.9. The predicted molar refractivity (Wildman–Crippen MR) is 149 cm³/mol. The van der Waals surface area contributed by atoms with Crippen LogP contribution in [0.2, 0.25) is 5.02 Å². The molecule has 4 rings (SSSR count).